The topological polar surface area (TPSA) is 62.5 Å². The number of rotatable bonds is 4. The Bertz CT molecular complexity index is 726. The van der Waals surface area contributed by atoms with Crippen molar-refractivity contribution in [2.24, 2.45) is 0 Å². The van der Waals surface area contributed by atoms with E-state index in [4.69, 9.17) is 9.52 Å². The normalized spacial score (nSPS) is 10.7. The molecule has 0 saturated heterocycles. The Balaban J connectivity index is 1.68. The van der Waals surface area contributed by atoms with Gasteiger partial charge in [0.1, 0.15) is 5.58 Å². The fourth-order valence-electron chi connectivity index (χ4n) is 2.13. The van der Waals surface area contributed by atoms with Crippen LogP contribution in [0.3, 0.4) is 0 Å². The van der Waals surface area contributed by atoms with Crippen LogP contribution in [0.1, 0.15) is 21.7 Å². The highest BCUT2D eigenvalue weighted by Crippen LogP contribution is 2.18. The van der Waals surface area contributed by atoms with Crippen molar-refractivity contribution in [1.82, 2.24) is 5.32 Å². The van der Waals surface area contributed by atoms with Crippen molar-refractivity contribution >= 4 is 16.9 Å². The first-order valence-corrected chi connectivity index (χ1v) is 6.72. The third-order valence-electron chi connectivity index (χ3n) is 3.31. The van der Waals surface area contributed by atoms with E-state index >= 15 is 0 Å². The van der Waals surface area contributed by atoms with E-state index in [2.05, 4.69) is 5.32 Å². The number of fused-ring (bicyclic) bond motifs is 1. The summed E-state index contributed by atoms with van der Waals surface area (Å²) in [7, 11) is 0. The van der Waals surface area contributed by atoms with Crippen LogP contribution in [0.2, 0.25) is 0 Å². The molecule has 0 fully saturated rings. The molecule has 1 aromatic heterocycles. The SMILES string of the molecule is O=C(NCc1ccc(CO)cc1)c1cc2ccccc2o1. The maximum absolute atomic E-state index is 12.1. The summed E-state index contributed by atoms with van der Waals surface area (Å²) < 4.78 is 5.51. The molecule has 0 radical (unpaired) electrons. The lowest BCUT2D eigenvalue weighted by Crippen LogP contribution is -2.22. The largest absolute Gasteiger partial charge is 0.451 e. The van der Waals surface area contributed by atoms with Crippen LogP contribution in [0.15, 0.2) is 59.0 Å². The van der Waals surface area contributed by atoms with Crippen molar-refractivity contribution < 1.29 is 14.3 Å². The predicted octanol–water partition coefficient (Wildman–Crippen LogP) is 2.86. The van der Waals surface area contributed by atoms with Crippen LogP contribution >= 0.6 is 0 Å². The van der Waals surface area contributed by atoms with Crippen LogP contribution in [-0.2, 0) is 13.2 Å². The molecule has 0 atom stereocenters. The highest BCUT2D eigenvalue weighted by molar-refractivity contribution is 5.95. The molecular weight excluding hydrogens is 266 g/mol. The van der Waals surface area contributed by atoms with Gasteiger partial charge < -0.3 is 14.8 Å². The Morgan fingerprint density at radius 2 is 1.76 bits per heavy atom. The lowest BCUT2D eigenvalue weighted by atomic mass is 10.1. The molecule has 2 N–H and O–H groups in total. The van der Waals surface area contributed by atoms with E-state index in [0.717, 1.165) is 16.5 Å². The van der Waals surface area contributed by atoms with Crippen LogP contribution in [-0.4, -0.2) is 11.0 Å². The predicted molar refractivity (Wildman–Crippen MR) is 79.7 cm³/mol. The summed E-state index contributed by atoms with van der Waals surface area (Å²) in [6.07, 6.45) is 0. The Kier molecular flexibility index (Phi) is 3.71. The molecule has 1 heterocycles. The van der Waals surface area contributed by atoms with Gasteiger partial charge in [0.05, 0.1) is 6.61 Å². The summed E-state index contributed by atoms with van der Waals surface area (Å²) >= 11 is 0. The number of hydrogen-bond donors (Lipinski definition) is 2. The van der Waals surface area contributed by atoms with Gasteiger partial charge >= 0.3 is 0 Å². The number of aliphatic hydroxyl groups is 1. The molecule has 4 heteroatoms. The minimum Gasteiger partial charge on any atom is -0.451 e. The van der Waals surface area contributed by atoms with Crippen molar-refractivity contribution in [2.75, 3.05) is 0 Å². The molecule has 0 unspecified atom stereocenters. The number of para-hydroxylation sites is 1. The smallest absolute Gasteiger partial charge is 0.287 e. The van der Waals surface area contributed by atoms with Crippen molar-refractivity contribution in [2.45, 2.75) is 13.2 Å². The number of carbonyl (C=O) groups is 1. The lowest BCUT2D eigenvalue weighted by Gasteiger charge is -2.04. The zero-order chi connectivity index (χ0) is 14.7. The highest BCUT2D eigenvalue weighted by Gasteiger charge is 2.11. The number of furan rings is 1. The molecule has 106 valence electrons. The first-order valence-electron chi connectivity index (χ1n) is 6.72. The summed E-state index contributed by atoms with van der Waals surface area (Å²) in [4.78, 5) is 12.1. The number of nitrogens with one attached hydrogen (secondary N) is 1. The minimum atomic E-state index is -0.238. The molecule has 0 bridgehead atoms. The maximum atomic E-state index is 12.1. The van der Waals surface area contributed by atoms with Gasteiger partial charge in [0, 0.05) is 11.9 Å². The third kappa shape index (κ3) is 2.95. The molecule has 3 aromatic rings. The van der Waals surface area contributed by atoms with Gasteiger partial charge in [-0.25, -0.2) is 0 Å². The number of benzene rings is 2. The summed E-state index contributed by atoms with van der Waals surface area (Å²) in [6, 6.07) is 16.7. The standard InChI is InChI=1S/C17H15NO3/c19-11-13-7-5-12(6-8-13)10-18-17(20)16-9-14-3-1-2-4-15(14)21-16/h1-9,19H,10-11H2,(H,18,20). The zero-order valence-electron chi connectivity index (χ0n) is 11.4. The Hall–Kier alpha value is -2.59. The fraction of sp³-hybridized carbons (Fsp3) is 0.118. The van der Waals surface area contributed by atoms with Gasteiger partial charge in [-0.1, -0.05) is 42.5 Å². The third-order valence-corrected chi connectivity index (χ3v) is 3.31. The molecule has 4 nitrogen and oxygen atoms in total. The van der Waals surface area contributed by atoms with Gasteiger partial charge in [-0.3, -0.25) is 4.79 Å². The van der Waals surface area contributed by atoms with Gasteiger partial charge in [-0.2, -0.15) is 0 Å². The molecule has 0 saturated carbocycles. The van der Waals surface area contributed by atoms with E-state index in [1.807, 2.05) is 48.5 Å². The Morgan fingerprint density at radius 1 is 1.05 bits per heavy atom. The maximum Gasteiger partial charge on any atom is 0.287 e. The van der Waals surface area contributed by atoms with Crippen LogP contribution in [0.4, 0.5) is 0 Å². The second-order valence-corrected chi connectivity index (χ2v) is 4.81. The molecular formula is C17H15NO3. The van der Waals surface area contributed by atoms with Crippen LogP contribution in [0.25, 0.3) is 11.0 Å². The van der Waals surface area contributed by atoms with Gasteiger partial charge in [-0.05, 0) is 23.3 Å². The van der Waals surface area contributed by atoms with Crippen LogP contribution in [0, 0.1) is 0 Å². The number of aliphatic hydroxyl groups excluding tert-OH is 1. The number of hydrogen-bond acceptors (Lipinski definition) is 3. The van der Waals surface area contributed by atoms with Crippen LogP contribution < -0.4 is 5.32 Å². The van der Waals surface area contributed by atoms with Gasteiger partial charge in [0.25, 0.3) is 5.91 Å². The van der Waals surface area contributed by atoms with Crippen molar-refractivity contribution in [1.29, 1.82) is 0 Å². The minimum absolute atomic E-state index is 0.0195. The lowest BCUT2D eigenvalue weighted by molar-refractivity contribution is 0.0925. The number of carbonyl (C=O) groups excluding carboxylic acids is 1. The van der Waals surface area contributed by atoms with Gasteiger partial charge in [0.2, 0.25) is 0 Å². The van der Waals surface area contributed by atoms with E-state index in [1.165, 1.54) is 0 Å². The zero-order valence-corrected chi connectivity index (χ0v) is 11.4. The Labute approximate surface area is 122 Å². The summed E-state index contributed by atoms with van der Waals surface area (Å²) in [5.74, 6) is 0.0700. The molecule has 0 spiro atoms. The molecule has 2 aromatic carbocycles. The molecule has 0 aliphatic carbocycles. The van der Waals surface area contributed by atoms with Crippen molar-refractivity contribution in [3.8, 4) is 0 Å². The van der Waals surface area contributed by atoms with Crippen molar-refractivity contribution in [3.63, 3.8) is 0 Å². The number of amides is 1. The van der Waals surface area contributed by atoms with Gasteiger partial charge in [-0.15, -0.1) is 0 Å². The summed E-state index contributed by atoms with van der Waals surface area (Å²) in [6.45, 7) is 0.438. The average molecular weight is 281 g/mol. The second-order valence-electron chi connectivity index (χ2n) is 4.81. The molecule has 21 heavy (non-hydrogen) atoms. The van der Waals surface area contributed by atoms with Crippen molar-refractivity contribution in [3.05, 3.63) is 71.5 Å². The molecule has 0 aliphatic heterocycles. The highest BCUT2D eigenvalue weighted by atomic mass is 16.3. The quantitative estimate of drug-likeness (QED) is 0.773. The Morgan fingerprint density at radius 3 is 2.48 bits per heavy atom. The second kappa shape index (κ2) is 5.81. The molecule has 3 rings (SSSR count). The van der Waals surface area contributed by atoms with E-state index in [-0.39, 0.29) is 12.5 Å². The van der Waals surface area contributed by atoms with Crippen LogP contribution in [0.5, 0.6) is 0 Å². The van der Waals surface area contributed by atoms with Gasteiger partial charge in [0.15, 0.2) is 5.76 Å². The first-order chi connectivity index (χ1) is 10.3. The van der Waals surface area contributed by atoms with E-state index < -0.39 is 0 Å². The molecule has 0 aliphatic rings. The first kappa shape index (κ1) is 13.4. The summed E-state index contributed by atoms with van der Waals surface area (Å²) in [5, 5.41) is 12.7. The van der Waals surface area contributed by atoms with E-state index in [0.29, 0.717) is 17.9 Å². The average Bonchev–Trinajstić information content (AvgIpc) is 2.97. The van der Waals surface area contributed by atoms with E-state index in [9.17, 15) is 4.79 Å². The molecule has 1 amide bonds. The van der Waals surface area contributed by atoms with E-state index in [1.54, 1.807) is 6.07 Å². The fourth-order valence-corrected chi connectivity index (χ4v) is 2.13. The monoisotopic (exact) mass is 281 g/mol. The summed E-state index contributed by atoms with van der Waals surface area (Å²) in [5.41, 5.74) is 2.52.